The van der Waals surface area contributed by atoms with Crippen molar-refractivity contribution in [2.75, 3.05) is 0 Å². The molecule has 0 heteroatoms. The van der Waals surface area contributed by atoms with Crippen LogP contribution in [0.2, 0.25) is 0 Å². The summed E-state index contributed by atoms with van der Waals surface area (Å²) >= 11 is 0. The van der Waals surface area contributed by atoms with Crippen molar-refractivity contribution in [2.45, 2.75) is 26.7 Å². The second kappa shape index (κ2) is 6.19. The monoisotopic (exact) mass is 286 g/mol. The molecule has 0 heterocycles. The molecule has 0 nitrogen and oxygen atoms in total. The molecule has 3 aromatic carbocycles. The highest BCUT2D eigenvalue weighted by Gasteiger charge is 2.06. The summed E-state index contributed by atoms with van der Waals surface area (Å²) in [6, 6.07) is 26.2. The van der Waals surface area contributed by atoms with Crippen molar-refractivity contribution < 1.29 is 0 Å². The predicted octanol–water partition coefficient (Wildman–Crippen LogP) is 6.45. The minimum atomic E-state index is 0.577. The summed E-state index contributed by atoms with van der Waals surface area (Å²) in [5, 5.41) is 0. The molecular weight excluding hydrogens is 264 g/mol. The van der Waals surface area contributed by atoms with Gasteiger partial charge in [-0.25, -0.2) is 0 Å². The molecular formula is C22H22. The molecule has 0 fully saturated rings. The van der Waals surface area contributed by atoms with Gasteiger partial charge in [-0.3, -0.25) is 0 Å². The third kappa shape index (κ3) is 2.96. The fraction of sp³-hybridized carbons (Fsp3) is 0.182. The number of aryl methyl sites for hydroxylation is 1. The fourth-order valence-electron chi connectivity index (χ4n) is 2.84. The largest absolute Gasteiger partial charge is 0.0622 e. The lowest BCUT2D eigenvalue weighted by Gasteiger charge is -2.12. The van der Waals surface area contributed by atoms with Crippen LogP contribution in [0.25, 0.3) is 22.3 Å². The molecule has 0 unspecified atom stereocenters. The Balaban J connectivity index is 1.93. The Kier molecular flexibility index (Phi) is 4.11. The Morgan fingerprint density at radius 1 is 0.636 bits per heavy atom. The number of rotatable bonds is 3. The number of hydrogen-bond acceptors (Lipinski definition) is 0. The lowest BCUT2D eigenvalue weighted by Crippen LogP contribution is -1.90. The van der Waals surface area contributed by atoms with Crippen LogP contribution in [0, 0.1) is 6.92 Å². The van der Waals surface area contributed by atoms with Gasteiger partial charge in [0.15, 0.2) is 0 Å². The molecule has 0 aliphatic carbocycles. The fourth-order valence-corrected chi connectivity index (χ4v) is 2.84. The zero-order valence-electron chi connectivity index (χ0n) is 13.5. The van der Waals surface area contributed by atoms with Crippen LogP contribution in [0.1, 0.15) is 30.9 Å². The van der Waals surface area contributed by atoms with Crippen molar-refractivity contribution in [1.82, 2.24) is 0 Å². The maximum Gasteiger partial charge on any atom is -0.0155 e. The Labute approximate surface area is 133 Å². The molecule has 3 aromatic rings. The van der Waals surface area contributed by atoms with E-state index in [9.17, 15) is 0 Å². The summed E-state index contributed by atoms with van der Waals surface area (Å²) in [6.07, 6.45) is 0. The minimum absolute atomic E-state index is 0.577. The SMILES string of the molecule is Cc1cc(C(C)C)ccc1-c1ccc(-c2ccccc2)cc1. The summed E-state index contributed by atoms with van der Waals surface area (Å²) in [7, 11) is 0. The topological polar surface area (TPSA) is 0 Å². The summed E-state index contributed by atoms with van der Waals surface area (Å²) < 4.78 is 0. The van der Waals surface area contributed by atoms with E-state index in [1.807, 2.05) is 0 Å². The average Bonchev–Trinajstić information content (AvgIpc) is 2.56. The molecule has 110 valence electrons. The van der Waals surface area contributed by atoms with Crippen molar-refractivity contribution in [1.29, 1.82) is 0 Å². The van der Waals surface area contributed by atoms with Crippen LogP contribution in [-0.2, 0) is 0 Å². The molecule has 0 radical (unpaired) electrons. The molecule has 0 atom stereocenters. The van der Waals surface area contributed by atoms with E-state index >= 15 is 0 Å². The van der Waals surface area contributed by atoms with E-state index < -0.39 is 0 Å². The molecule has 0 aromatic heterocycles. The quantitative estimate of drug-likeness (QED) is 0.519. The first-order valence-corrected chi connectivity index (χ1v) is 7.91. The van der Waals surface area contributed by atoms with Gasteiger partial charge in [-0.05, 0) is 46.2 Å². The van der Waals surface area contributed by atoms with Crippen molar-refractivity contribution in [2.24, 2.45) is 0 Å². The van der Waals surface area contributed by atoms with E-state index in [1.165, 1.54) is 33.4 Å². The first-order valence-electron chi connectivity index (χ1n) is 7.91. The van der Waals surface area contributed by atoms with Gasteiger partial charge < -0.3 is 0 Å². The summed E-state index contributed by atoms with van der Waals surface area (Å²) in [5.74, 6) is 0.577. The minimum Gasteiger partial charge on any atom is -0.0622 e. The number of hydrogen-bond donors (Lipinski definition) is 0. The van der Waals surface area contributed by atoms with Crippen molar-refractivity contribution in [3.05, 3.63) is 83.9 Å². The molecule has 0 saturated heterocycles. The van der Waals surface area contributed by atoms with Crippen LogP contribution in [-0.4, -0.2) is 0 Å². The zero-order valence-corrected chi connectivity index (χ0v) is 13.5. The molecule has 0 saturated carbocycles. The second-order valence-electron chi connectivity index (χ2n) is 6.17. The maximum absolute atomic E-state index is 2.31. The Morgan fingerprint density at radius 2 is 1.23 bits per heavy atom. The van der Waals surface area contributed by atoms with Crippen LogP contribution in [0.3, 0.4) is 0 Å². The van der Waals surface area contributed by atoms with E-state index in [0.717, 1.165) is 0 Å². The van der Waals surface area contributed by atoms with E-state index in [1.54, 1.807) is 0 Å². The average molecular weight is 286 g/mol. The van der Waals surface area contributed by atoms with Crippen LogP contribution in [0.5, 0.6) is 0 Å². The van der Waals surface area contributed by atoms with E-state index in [4.69, 9.17) is 0 Å². The van der Waals surface area contributed by atoms with E-state index in [0.29, 0.717) is 5.92 Å². The van der Waals surface area contributed by atoms with Crippen molar-refractivity contribution in [3.8, 4) is 22.3 Å². The third-order valence-electron chi connectivity index (χ3n) is 4.22. The summed E-state index contributed by atoms with van der Waals surface area (Å²) in [6.45, 7) is 6.68. The Morgan fingerprint density at radius 3 is 1.82 bits per heavy atom. The normalized spacial score (nSPS) is 10.9. The van der Waals surface area contributed by atoms with Gasteiger partial charge in [0.1, 0.15) is 0 Å². The first-order chi connectivity index (χ1) is 10.6. The van der Waals surface area contributed by atoms with Gasteiger partial charge in [-0.2, -0.15) is 0 Å². The van der Waals surface area contributed by atoms with Gasteiger partial charge in [-0.15, -0.1) is 0 Å². The van der Waals surface area contributed by atoms with Crippen LogP contribution >= 0.6 is 0 Å². The summed E-state index contributed by atoms with van der Waals surface area (Å²) in [5.41, 5.74) is 7.89. The lowest BCUT2D eigenvalue weighted by atomic mass is 9.93. The van der Waals surface area contributed by atoms with E-state index in [-0.39, 0.29) is 0 Å². The van der Waals surface area contributed by atoms with Crippen molar-refractivity contribution >= 4 is 0 Å². The molecule has 0 amide bonds. The second-order valence-corrected chi connectivity index (χ2v) is 6.17. The lowest BCUT2D eigenvalue weighted by molar-refractivity contribution is 0.865. The highest BCUT2D eigenvalue weighted by molar-refractivity contribution is 5.72. The molecule has 0 bridgehead atoms. The van der Waals surface area contributed by atoms with Crippen LogP contribution < -0.4 is 0 Å². The van der Waals surface area contributed by atoms with Gasteiger partial charge in [0.05, 0.1) is 0 Å². The molecule has 3 rings (SSSR count). The molecule has 0 N–H and O–H groups in total. The highest BCUT2D eigenvalue weighted by atomic mass is 14.1. The predicted molar refractivity (Wildman–Crippen MR) is 96.1 cm³/mol. The van der Waals surface area contributed by atoms with Crippen LogP contribution in [0.15, 0.2) is 72.8 Å². The Hall–Kier alpha value is -2.34. The van der Waals surface area contributed by atoms with E-state index in [2.05, 4.69) is 93.6 Å². The summed E-state index contributed by atoms with van der Waals surface area (Å²) in [4.78, 5) is 0. The van der Waals surface area contributed by atoms with Gasteiger partial charge in [0.25, 0.3) is 0 Å². The molecule has 0 aliphatic rings. The van der Waals surface area contributed by atoms with Crippen molar-refractivity contribution in [3.63, 3.8) is 0 Å². The number of benzene rings is 3. The van der Waals surface area contributed by atoms with Gasteiger partial charge in [0, 0.05) is 0 Å². The molecule has 0 aliphatic heterocycles. The highest BCUT2D eigenvalue weighted by Crippen LogP contribution is 2.29. The standard InChI is InChI=1S/C22H22/c1-16(2)21-13-14-22(17(3)15-21)20-11-9-19(10-12-20)18-7-5-4-6-8-18/h4-16H,1-3H3. The van der Waals surface area contributed by atoms with Gasteiger partial charge in [-0.1, -0.05) is 86.6 Å². The smallest absolute Gasteiger partial charge is 0.0155 e. The maximum atomic E-state index is 2.31. The Bertz CT molecular complexity index is 750. The van der Waals surface area contributed by atoms with Gasteiger partial charge in [0.2, 0.25) is 0 Å². The first kappa shape index (κ1) is 14.6. The van der Waals surface area contributed by atoms with Crippen LogP contribution in [0.4, 0.5) is 0 Å². The van der Waals surface area contributed by atoms with Gasteiger partial charge >= 0.3 is 0 Å². The zero-order chi connectivity index (χ0) is 15.5. The third-order valence-corrected chi connectivity index (χ3v) is 4.22. The molecule has 0 spiro atoms. The molecule has 22 heavy (non-hydrogen) atoms.